The van der Waals surface area contributed by atoms with Crippen LogP contribution in [0.15, 0.2) is 34.9 Å². The highest BCUT2D eigenvalue weighted by Crippen LogP contribution is 2.19. The average Bonchev–Trinajstić information content (AvgIpc) is 3.11. The molecule has 1 amide bonds. The van der Waals surface area contributed by atoms with Gasteiger partial charge in [0.2, 0.25) is 11.8 Å². The van der Waals surface area contributed by atoms with E-state index < -0.39 is 6.04 Å². The van der Waals surface area contributed by atoms with Gasteiger partial charge in [-0.05, 0) is 37.8 Å². The fourth-order valence-corrected chi connectivity index (χ4v) is 2.97. The fourth-order valence-electron chi connectivity index (χ4n) is 2.97. The van der Waals surface area contributed by atoms with Gasteiger partial charge in [0.05, 0.1) is 11.7 Å². The summed E-state index contributed by atoms with van der Waals surface area (Å²) in [5.74, 6) is 0.698. The number of nitrogens with one attached hydrogen (secondary N) is 1. The second kappa shape index (κ2) is 8.27. The lowest BCUT2D eigenvalue weighted by atomic mass is 9.92. The predicted molar refractivity (Wildman–Crippen MR) is 94.9 cm³/mol. The molecular formula is C19H25N3O3. The van der Waals surface area contributed by atoms with Crippen molar-refractivity contribution in [1.29, 1.82) is 0 Å². The van der Waals surface area contributed by atoms with Gasteiger partial charge in [0, 0.05) is 31.7 Å². The van der Waals surface area contributed by atoms with Gasteiger partial charge in [0.15, 0.2) is 0 Å². The van der Waals surface area contributed by atoms with E-state index in [0.29, 0.717) is 32.1 Å². The zero-order valence-corrected chi connectivity index (χ0v) is 14.5. The average molecular weight is 343 g/mol. The number of hydrogen-bond donors (Lipinski definition) is 2. The maximum atomic E-state index is 12.2. The number of rotatable bonds is 6. The number of benzene rings is 1. The summed E-state index contributed by atoms with van der Waals surface area (Å²) in [7, 11) is 0. The maximum absolute atomic E-state index is 12.2. The number of carbonyl (C=O) groups excluding carboxylic acids is 1. The first-order chi connectivity index (χ1) is 12.1. The van der Waals surface area contributed by atoms with E-state index in [1.807, 2.05) is 31.2 Å². The summed E-state index contributed by atoms with van der Waals surface area (Å²) in [4.78, 5) is 16.6. The Morgan fingerprint density at radius 2 is 2.04 bits per heavy atom. The van der Waals surface area contributed by atoms with Crippen molar-refractivity contribution in [3.05, 3.63) is 41.8 Å². The van der Waals surface area contributed by atoms with Crippen LogP contribution >= 0.6 is 0 Å². The van der Waals surface area contributed by atoms with Gasteiger partial charge in [-0.3, -0.25) is 4.79 Å². The molecule has 2 heterocycles. The van der Waals surface area contributed by atoms with E-state index in [9.17, 15) is 4.79 Å². The first kappa shape index (κ1) is 17.6. The highest BCUT2D eigenvalue weighted by Gasteiger charge is 2.26. The predicted octanol–water partition coefficient (Wildman–Crippen LogP) is 2.06. The van der Waals surface area contributed by atoms with Gasteiger partial charge >= 0.3 is 0 Å². The quantitative estimate of drug-likeness (QED) is 0.838. The van der Waals surface area contributed by atoms with Crippen molar-refractivity contribution < 1.29 is 13.9 Å². The molecule has 0 aliphatic carbocycles. The third kappa shape index (κ3) is 4.67. The van der Waals surface area contributed by atoms with E-state index in [1.54, 1.807) is 6.26 Å². The lowest BCUT2D eigenvalue weighted by Crippen LogP contribution is -2.47. The maximum Gasteiger partial charge on any atom is 0.237 e. The number of aryl methyl sites for hydroxylation is 1. The van der Waals surface area contributed by atoms with E-state index in [2.05, 4.69) is 10.3 Å². The highest BCUT2D eigenvalue weighted by atomic mass is 16.5. The van der Waals surface area contributed by atoms with Gasteiger partial charge in [-0.25, -0.2) is 4.98 Å². The van der Waals surface area contributed by atoms with Gasteiger partial charge in [-0.2, -0.15) is 0 Å². The summed E-state index contributed by atoms with van der Waals surface area (Å²) in [5.41, 5.74) is 9.02. The largest absolute Gasteiger partial charge is 0.444 e. The zero-order chi connectivity index (χ0) is 17.6. The molecule has 1 aromatic heterocycles. The minimum Gasteiger partial charge on any atom is -0.444 e. The number of hydrogen-bond acceptors (Lipinski definition) is 5. The lowest BCUT2D eigenvalue weighted by molar-refractivity contribution is -0.124. The van der Waals surface area contributed by atoms with Crippen LogP contribution in [0.3, 0.4) is 0 Å². The molecule has 0 radical (unpaired) electrons. The summed E-state index contributed by atoms with van der Waals surface area (Å²) < 4.78 is 10.8. The Morgan fingerprint density at radius 3 is 2.76 bits per heavy atom. The monoisotopic (exact) mass is 343 g/mol. The summed E-state index contributed by atoms with van der Waals surface area (Å²) in [6.45, 7) is 3.91. The third-order valence-electron chi connectivity index (χ3n) is 4.61. The first-order valence-corrected chi connectivity index (χ1v) is 8.76. The molecule has 0 saturated carbocycles. The Kier molecular flexibility index (Phi) is 5.83. The zero-order valence-electron chi connectivity index (χ0n) is 14.5. The molecule has 1 aromatic carbocycles. The van der Waals surface area contributed by atoms with E-state index >= 15 is 0 Å². The molecule has 6 heteroatoms. The summed E-state index contributed by atoms with van der Waals surface area (Å²) in [6, 6.07) is 7.55. The summed E-state index contributed by atoms with van der Waals surface area (Å²) in [5, 5.41) is 2.90. The second-order valence-electron chi connectivity index (χ2n) is 6.53. The van der Waals surface area contributed by atoms with Crippen molar-refractivity contribution in [2.45, 2.75) is 32.2 Å². The minimum absolute atomic E-state index is 0.103. The standard InChI is InChI=1S/C19H25N3O3/c1-13-2-4-15(5-3-13)19-22-16(12-25-19)6-9-21-18(23)17(20)14-7-10-24-11-8-14/h2-5,12,14,17H,6-11,20H2,1H3,(H,21,23). The van der Waals surface area contributed by atoms with Crippen molar-refractivity contribution in [3.63, 3.8) is 0 Å². The Balaban J connectivity index is 1.47. The molecule has 1 aliphatic heterocycles. The van der Waals surface area contributed by atoms with Crippen LogP contribution in [-0.2, 0) is 16.0 Å². The number of nitrogens with zero attached hydrogens (tertiary/aromatic N) is 1. The molecule has 1 atom stereocenters. The number of ether oxygens (including phenoxy) is 1. The van der Waals surface area contributed by atoms with Crippen molar-refractivity contribution >= 4 is 5.91 Å². The summed E-state index contributed by atoms with van der Waals surface area (Å²) >= 11 is 0. The number of oxazole rings is 1. The van der Waals surface area contributed by atoms with Crippen LogP contribution in [0.5, 0.6) is 0 Å². The lowest BCUT2D eigenvalue weighted by Gasteiger charge is -2.26. The molecule has 1 saturated heterocycles. The van der Waals surface area contributed by atoms with Crippen molar-refractivity contribution in [2.75, 3.05) is 19.8 Å². The molecule has 2 aromatic rings. The van der Waals surface area contributed by atoms with Crippen molar-refractivity contribution in [3.8, 4) is 11.5 Å². The smallest absolute Gasteiger partial charge is 0.237 e. The highest BCUT2D eigenvalue weighted by molar-refractivity contribution is 5.81. The number of amides is 1. The molecule has 3 rings (SSSR count). The molecule has 0 bridgehead atoms. The van der Waals surface area contributed by atoms with Gasteiger partial charge in [0.1, 0.15) is 6.26 Å². The van der Waals surface area contributed by atoms with E-state index in [1.165, 1.54) is 5.56 Å². The SMILES string of the molecule is Cc1ccc(-c2nc(CCNC(=O)C(N)C3CCOCC3)co2)cc1. The Morgan fingerprint density at radius 1 is 1.32 bits per heavy atom. The Hall–Kier alpha value is -2.18. The van der Waals surface area contributed by atoms with E-state index in [-0.39, 0.29) is 11.8 Å². The molecule has 1 aliphatic rings. The molecule has 6 nitrogen and oxygen atoms in total. The summed E-state index contributed by atoms with van der Waals surface area (Å²) in [6.07, 6.45) is 3.94. The van der Waals surface area contributed by atoms with Crippen LogP contribution < -0.4 is 11.1 Å². The Labute approximate surface area is 147 Å². The molecule has 1 unspecified atom stereocenters. The van der Waals surface area contributed by atoms with Crippen molar-refractivity contribution in [2.24, 2.45) is 11.7 Å². The van der Waals surface area contributed by atoms with Crippen LogP contribution in [0.4, 0.5) is 0 Å². The third-order valence-corrected chi connectivity index (χ3v) is 4.61. The number of carbonyl (C=O) groups is 1. The van der Waals surface area contributed by atoms with Crippen LogP contribution in [0, 0.1) is 12.8 Å². The molecule has 1 fully saturated rings. The molecule has 25 heavy (non-hydrogen) atoms. The topological polar surface area (TPSA) is 90.4 Å². The fraction of sp³-hybridized carbons (Fsp3) is 0.474. The molecular weight excluding hydrogens is 318 g/mol. The van der Waals surface area contributed by atoms with Gasteiger partial charge in [-0.1, -0.05) is 17.7 Å². The molecule has 0 spiro atoms. The first-order valence-electron chi connectivity index (χ1n) is 8.76. The van der Waals surface area contributed by atoms with Crippen LogP contribution in [0.1, 0.15) is 24.1 Å². The van der Waals surface area contributed by atoms with Crippen LogP contribution in [0.25, 0.3) is 11.5 Å². The normalized spacial score (nSPS) is 16.6. The Bertz CT molecular complexity index is 690. The second-order valence-corrected chi connectivity index (χ2v) is 6.53. The van der Waals surface area contributed by atoms with Crippen LogP contribution in [-0.4, -0.2) is 36.7 Å². The molecule has 3 N–H and O–H groups in total. The molecule has 134 valence electrons. The van der Waals surface area contributed by atoms with Gasteiger partial charge in [-0.15, -0.1) is 0 Å². The number of aromatic nitrogens is 1. The number of nitrogens with two attached hydrogens (primary N) is 1. The van der Waals surface area contributed by atoms with Crippen molar-refractivity contribution in [1.82, 2.24) is 10.3 Å². The van der Waals surface area contributed by atoms with E-state index in [4.69, 9.17) is 14.9 Å². The van der Waals surface area contributed by atoms with Gasteiger partial charge in [0.25, 0.3) is 0 Å². The van der Waals surface area contributed by atoms with Gasteiger partial charge < -0.3 is 20.2 Å². The minimum atomic E-state index is -0.468. The van der Waals surface area contributed by atoms with Crippen LogP contribution in [0.2, 0.25) is 0 Å². The van der Waals surface area contributed by atoms with E-state index in [0.717, 1.165) is 24.1 Å².